The maximum atomic E-state index is 12.6. The fraction of sp³-hybridized carbons (Fsp3) is 0.975. The molecule has 10 N–H and O–H groups in total. The molecule has 4 saturated heterocycles. The third-order valence-electron chi connectivity index (χ3n) is 16.4. The standard InChI is InChI=1S/C40H64O18/c1-14-24-21(55-34(14)50)11-20-18-10-23(42)40(51)12-17(6-9-39(40,5)19(18)7-8-38(20,24)4)54-37-33(58-36-30(48)28(46)26(44)16(3)53-36)31(49)32(22(13-41)56-37)57-35-29(47)27(45)25(43)15(2)52-35/h14-33,35-37,41-49,51H,6-13H2,1-5H3/t14-,15-,16-,17-,18+,19-,20-,21-,22+,23+,24-,25-,26-,27+,28+,29+,30+,31-,32+,33+,35-,36-,37+,38-,39+,40+/m0/s1. The Balaban J connectivity index is 1.02. The largest absolute Gasteiger partial charge is 0.462 e. The maximum absolute atomic E-state index is 12.6. The molecule has 8 rings (SSSR count). The molecule has 0 amide bonds. The van der Waals surface area contributed by atoms with Crippen LogP contribution in [0.1, 0.15) is 79.6 Å². The maximum Gasteiger partial charge on any atom is 0.309 e. The molecule has 0 aromatic rings. The third-order valence-corrected chi connectivity index (χ3v) is 16.4. The van der Waals surface area contributed by atoms with Crippen LogP contribution in [0.15, 0.2) is 0 Å². The van der Waals surface area contributed by atoms with Crippen molar-refractivity contribution < 1.29 is 89.0 Å². The predicted molar refractivity (Wildman–Crippen MR) is 194 cm³/mol. The molecule has 8 fully saturated rings. The van der Waals surface area contributed by atoms with Gasteiger partial charge < -0.3 is 84.2 Å². The van der Waals surface area contributed by atoms with Crippen molar-refractivity contribution in [2.24, 2.45) is 40.4 Å². The van der Waals surface area contributed by atoms with Crippen molar-refractivity contribution in [3.8, 4) is 0 Å². The summed E-state index contributed by atoms with van der Waals surface area (Å²) in [6, 6.07) is 0. The number of ether oxygens (including phenoxy) is 7. The summed E-state index contributed by atoms with van der Waals surface area (Å²) in [5, 5.41) is 110. The third kappa shape index (κ3) is 6.63. The van der Waals surface area contributed by atoms with Crippen LogP contribution >= 0.6 is 0 Å². The second-order valence-electron chi connectivity index (χ2n) is 19.3. The zero-order valence-electron chi connectivity index (χ0n) is 33.7. The average Bonchev–Trinajstić information content (AvgIpc) is 3.64. The molecular formula is C40H64O18. The van der Waals surface area contributed by atoms with Crippen LogP contribution in [-0.4, -0.2) is 180 Å². The second-order valence-corrected chi connectivity index (χ2v) is 19.3. The summed E-state index contributed by atoms with van der Waals surface area (Å²) in [5.41, 5.74) is -2.40. The minimum absolute atomic E-state index is 0.00713. The van der Waals surface area contributed by atoms with E-state index < -0.39 is 122 Å². The van der Waals surface area contributed by atoms with Crippen LogP contribution in [0.2, 0.25) is 0 Å². The molecule has 4 saturated carbocycles. The average molecular weight is 833 g/mol. The number of carbonyl (C=O) groups is 1. The highest BCUT2D eigenvalue weighted by atomic mass is 16.8. The van der Waals surface area contributed by atoms with E-state index in [9.17, 15) is 55.9 Å². The van der Waals surface area contributed by atoms with Crippen LogP contribution in [0.5, 0.6) is 0 Å². The van der Waals surface area contributed by atoms with Gasteiger partial charge in [-0.25, -0.2) is 0 Å². The zero-order chi connectivity index (χ0) is 42.0. The Morgan fingerprint density at radius 1 is 0.690 bits per heavy atom. The van der Waals surface area contributed by atoms with E-state index in [2.05, 4.69) is 6.92 Å². The normalized spacial score (nSPS) is 59.4. The Kier molecular flexibility index (Phi) is 11.7. The zero-order valence-corrected chi connectivity index (χ0v) is 33.7. The molecule has 0 bridgehead atoms. The fourth-order valence-electron chi connectivity index (χ4n) is 13.0. The number of aliphatic hydroxyl groups excluding tert-OH is 9. The first-order valence-corrected chi connectivity index (χ1v) is 21.2. The lowest BCUT2D eigenvalue weighted by Crippen LogP contribution is -2.69. The number of rotatable bonds is 7. The van der Waals surface area contributed by atoms with Gasteiger partial charge in [0, 0.05) is 17.8 Å². The predicted octanol–water partition coefficient (Wildman–Crippen LogP) is -2.21. The lowest BCUT2D eigenvalue weighted by molar-refractivity contribution is -0.391. The number of hydrogen-bond acceptors (Lipinski definition) is 18. The van der Waals surface area contributed by atoms with Gasteiger partial charge in [-0.15, -0.1) is 0 Å². The van der Waals surface area contributed by atoms with Gasteiger partial charge in [-0.3, -0.25) is 4.79 Å². The summed E-state index contributed by atoms with van der Waals surface area (Å²) in [5.74, 6) is 0.210. The highest BCUT2D eigenvalue weighted by Gasteiger charge is 2.71. The lowest BCUT2D eigenvalue weighted by atomic mass is 9.42. The first-order chi connectivity index (χ1) is 27.2. The molecule has 58 heavy (non-hydrogen) atoms. The molecule has 0 spiro atoms. The Morgan fingerprint density at radius 3 is 1.90 bits per heavy atom. The molecule has 4 heterocycles. The number of esters is 1. The summed E-state index contributed by atoms with van der Waals surface area (Å²) in [7, 11) is 0. The molecule has 8 aliphatic rings. The molecular weight excluding hydrogens is 768 g/mol. The van der Waals surface area contributed by atoms with E-state index in [-0.39, 0.29) is 53.5 Å². The van der Waals surface area contributed by atoms with Gasteiger partial charge >= 0.3 is 5.97 Å². The van der Waals surface area contributed by atoms with E-state index >= 15 is 0 Å². The first kappa shape index (κ1) is 43.5. The van der Waals surface area contributed by atoms with E-state index in [1.807, 2.05) is 13.8 Å². The van der Waals surface area contributed by atoms with E-state index in [0.717, 1.165) is 19.3 Å². The van der Waals surface area contributed by atoms with Crippen molar-refractivity contribution in [1.82, 2.24) is 0 Å². The first-order valence-electron chi connectivity index (χ1n) is 21.2. The van der Waals surface area contributed by atoms with Crippen LogP contribution in [0.4, 0.5) is 0 Å². The molecule has 26 atom stereocenters. The van der Waals surface area contributed by atoms with E-state index in [4.69, 9.17) is 33.2 Å². The molecule has 0 radical (unpaired) electrons. The Hall–Kier alpha value is -1.17. The van der Waals surface area contributed by atoms with Gasteiger partial charge in [0.25, 0.3) is 0 Å². The highest BCUT2D eigenvalue weighted by Crippen LogP contribution is 2.70. The molecule has 0 unspecified atom stereocenters. The van der Waals surface area contributed by atoms with Gasteiger partial charge in [0.05, 0.1) is 42.5 Å². The van der Waals surface area contributed by atoms with Crippen molar-refractivity contribution in [2.45, 2.75) is 196 Å². The van der Waals surface area contributed by atoms with Gasteiger partial charge in [0.2, 0.25) is 0 Å². The minimum Gasteiger partial charge on any atom is -0.462 e. The molecule has 332 valence electrons. The van der Waals surface area contributed by atoms with Crippen molar-refractivity contribution in [2.75, 3.05) is 6.61 Å². The Bertz CT molecular complexity index is 1510. The SMILES string of the molecule is C[C@@H]1O[C@@H](O[C@H]2[C@H](O[C@H]3CC[C@]4(C)[C@H]5CC[C@]6(C)[C@@H]7[C@H](C[C@H]6[C@@H]5C[C@@H](O)[C@]4(O)C3)OC(=O)[C@H]7C)O[C@H](CO)[C@@H](O[C@@H]3O[C@@H](C)[C@H](O)[C@@H](O)[C@H]3O)[C@@H]2O)[C@H](O)[C@H](O)[C@H]1O. The Morgan fingerprint density at radius 2 is 1.29 bits per heavy atom. The molecule has 0 aromatic carbocycles. The summed E-state index contributed by atoms with van der Waals surface area (Å²) in [6.07, 6.45) is -21.1. The van der Waals surface area contributed by atoms with Crippen molar-refractivity contribution >= 4 is 5.97 Å². The van der Waals surface area contributed by atoms with Gasteiger partial charge in [-0.1, -0.05) is 20.8 Å². The van der Waals surface area contributed by atoms with Crippen molar-refractivity contribution in [3.63, 3.8) is 0 Å². The molecule has 4 aliphatic carbocycles. The quantitative estimate of drug-likeness (QED) is 0.0962. The fourth-order valence-corrected chi connectivity index (χ4v) is 13.0. The van der Waals surface area contributed by atoms with Crippen LogP contribution in [0.3, 0.4) is 0 Å². The second kappa shape index (κ2) is 15.6. The summed E-state index contributed by atoms with van der Waals surface area (Å²) in [6.45, 7) is 8.42. The molecule has 4 aliphatic heterocycles. The van der Waals surface area contributed by atoms with Crippen LogP contribution in [0.25, 0.3) is 0 Å². The van der Waals surface area contributed by atoms with E-state index in [0.29, 0.717) is 19.3 Å². The number of fused-ring (bicyclic) bond motifs is 7. The smallest absolute Gasteiger partial charge is 0.309 e. The van der Waals surface area contributed by atoms with Crippen molar-refractivity contribution in [3.05, 3.63) is 0 Å². The van der Waals surface area contributed by atoms with Gasteiger partial charge in [0.15, 0.2) is 18.9 Å². The van der Waals surface area contributed by atoms with E-state index in [1.54, 1.807) is 0 Å². The summed E-state index contributed by atoms with van der Waals surface area (Å²) in [4.78, 5) is 12.5. The molecule has 18 nitrogen and oxygen atoms in total. The number of carbonyl (C=O) groups excluding carboxylic acids is 1. The van der Waals surface area contributed by atoms with Crippen LogP contribution in [-0.2, 0) is 38.0 Å². The van der Waals surface area contributed by atoms with Gasteiger partial charge in [-0.05, 0) is 75.5 Å². The lowest BCUT2D eigenvalue weighted by Gasteiger charge is -2.65. The highest BCUT2D eigenvalue weighted by molar-refractivity contribution is 5.75. The molecule has 0 aromatic heterocycles. The van der Waals surface area contributed by atoms with Gasteiger partial charge in [-0.2, -0.15) is 0 Å². The van der Waals surface area contributed by atoms with E-state index in [1.165, 1.54) is 13.8 Å². The topological polar surface area (TPSA) is 284 Å². The van der Waals surface area contributed by atoms with Crippen LogP contribution in [0, 0.1) is 40.4 Å². The summed E-state index contributed by atoms with van der Waals surface area (Å²) < 4.78 is 41.9. The molecule has 18 heteroatoms. The monoisotopic (exact) mass is 832 g/mol. The Labute approximate surface area is 337 Å². The minimum atomic E-state index is -1.79. The van der Waals surface area contributed by atoms with Crippen LogP contribution < -0.4 is 0 Å². The number of hydrogen-bond donors (Lipinski definition) is 10. The summed E-state index contributed by atoms with van der Waals surface area (Å²) >= 11 is 0. The van der Waals surface area contributed by atoms with Gasteiger partial charge in [0.1, 0.15) is 67.1 Å². The van der Waals surface area contributed by atoms with Crippen molar-refractivity contribution in [1.29, 1.82) is 0 Å². The number of aliphatic hydroxyl groups is 10.